The van der Waals surface area contributed by atoms with E-state index in [9.17, 15) is 18.1 Å². The number of ether oxygens (including phenoxy) is 1. The van der Waals surface area contributed by atoms with E-state index in [1.807, 2.05) is 6.07 Å². The van der Waals surface area contributed by atoms with E-state index in [1.54, 1.807) is 24.3 Å². The van der Waals surface area contributed by atoms with Gasteiger partial charge in [-0.05, 0) is 30.7 Å². The van der Waals surface area contributed by atoms with Gasteiger partial charge in [-0.15, -0.1) is 5.11 Å². The van der Waals surface area contributed by atoms with Gasteiger partial charge in [0.1, 0.15) is 10.6 Å². The van der Waals surface area contributed by atoms with E-state index >= 15 is 0 Å². The number of aryl methyl sites for hydroxylation is 1. The standard InChI is InChI=1S/C14H14N2O5S/c1-9-8-11(16-15-10-6-4-3-5-7-10)12(17)13(21-2)14(9)22(18,19)20/h3-8,17H,1-2H3,(H,18,19,20). The predicted octanol–water partition coefficient (Wildman–Crippen LogP) is 3.37. The van der Waals surface area contributed by atoms with Crippen LogP contribution >= 0.6 is 0 Å². The van der Waals surface area contributed by atoms with E-state index in [1.165, 1.54) is 20.1 Å². The minimum atomic E-state index is -4.54. The van der Waals surface area contributed by atoms with Crippen LogP contribution in [-0.2, 0) is 10.1 Å². The fourth-order valence-electron chi connectivity index (χ4n) is 1.93. The summed E-state index contributed by atoms with van der Waals surface area (Å²) in [6, 6.07) is 10.1. The van der Waals surface area contributed by atoms with E-state index in [0.717, 1.165) is 0 Å². The lowest BCUT2D eigenvalue weighted by Gasteiger charge is -2.12. The van der Waals surface area contributed by atoms with Gasteiger partial charge in [-0.1, -0.05) is 18.2 Å². The van der Waals surface area contributed by atoms with Gasteiger partial charge >= 0.3 is 0 Å². The summed E-state index contributed by atoms with van der Waals surface area (Å²) in [6.07, 6.45) is 0. The van der Waals surface area contributed by atoms with E-state index in [0.29, 0.717) is 5.69 Å². The van der Waals surface area contributed by atoms with Crippen molar-refractivity contribution in [2.45, 2.75) is 11.8 Å². The highest BCUT2D eigenvalue weighted by atomic mass is 32.2. The van der Waals surface area contributed by atoms with Crippen molar-refractivity contribution in [2.24, 2.45) is 10.2 Å². The topological polar surface area (TPSA) is 109 Å². The van der Waals surface area contributed by atoms with Gasteiger partial charge in [0.05, 0.1) is 12.8 Å². The van der Waals surface area contributed by atoms with Crippen LogP contribution in [0, 0.1) is 6.92 Å². The first-order valence-corrected chi connectivity index (χ1v) is 7.63. The molecular formula is C14H14N2O5S. The van der Waals surface area contributed by atoms with Crippen molar-refractivity contribution in [3.05, 3.63) is 42.0 Å². The fourth-order valence-corrected chi connectivity index (χ4v) is 2.81. The Hall–Kier alpha value is -2.45. The van der Waals surface area contributed by atoms with Crippen LogP contribution in [0.2, 0.25) is 0 Å². The van der Waals surface area contributed by atoms with E-state index < -0.39 is 20.8 Å². The summed E-state index contributed by atoms with van der Waals surface area (Å²) in [4.78, 5) is -0.494. The van der Waals surface area contributed by atoms with Crippen molar-refractivity contribution < 1.29 is 22.8 Å². The summed E-state index contributed by atoms with van der Waals surface area (Å²) in [5.74, 6) is -0.884. The minimum absolute atomic E-state index is 0.0330. The lowest BCUT2D eigenvalue weighted by molar-refractivity contribution is 0.360. The molecule has 116 valence electrons. The first-order chi connectivity index (χ1) is 10.3. The SMILES string of the molecule is COc1c(O)c(N=Nc2ccccc2)cc(C)c1S(=O)(=O)O. The number of hydrogen-bond acceptors (Lipinski definition) is 6. The molecule has 0 aliphatic heterocycles. The summed E-state index contributed by atoms with van der Waals surface area (Å²) < 4.78 is 36.9. The molecule has 0 saturated heterocycles. The number of aromatic hydroxyl groups is 1. The molecule has 0 aliphatic rings. The van der Waals surface area contributed by atoms with Crippen LogP contribution in [-0.4, -0.2) is 25.2 Å². The predicted molar refractivity (Wildman–Crippen MR) is 79.8 cm³/mol. The molecule has 0 radical (unpaired) electrons. The second kappa shape index (κ2) is 6.12. The number of nitrogens with zero attached hydrogens (tertiary/aromatic N) is 2. The quantitative estimate of drug-likeness (QED) is 0.662. The molecular weight excluding hydrogens is 308 g/mol. The smallest absolute Gasteiger partial charge is 0.298 e. The highest BCUT2D eigenvalue weighted by molar-refractivity contribution is 7.86. The highest BCUT2D eigenvalue weighted by Crippen LogP contribution is 2.43. The van der Waals surface area contributed by atoms with E-state index in [2.05, 4.69) is 10.2 Å². The van der Waals surface area contributed by atoms with Gasteiger partial charge < -0.3 is 9.84 Å². The summed E-state index contributed by atoms with van der Waals surface area (Å²) in [5.41, 5.74) is 0.780. The number of hydrogen-bond donors (Lipinski definition) is 2. The molecule has 2 aromatic rings. The lowest BCUT2D eigenvalue weighted by Crippen LogP contribution is -2.04. The van der Waals surface area contributed by atoms with Gasteiger partial charge in [-0.25, -0.2) is 0 Å². The Morgan fingerprint density at radius 3 is 2.32 bits per heavy atom. The monoisotopic (exact) mass is 322 g/mol. The Kier molecular flexibility index (Phi) is 4.43. The van der Waals surface area contributed by atoms with Gasteiger partial charge in [0, 0.05) is 0 Å². The highest BCUT2D eigenvalue weighted by Gasteiger charge is 2.25. The molecule has 2 rings (SSSR count). The van der Waals surface area contributed by atoms with Gasteiger partial charge in [0.2, 0.25) is 0 Å². The largest absolute Gasteiger partial charge is 0.503 e. The van der Waals surface area contributed by atoms with Crippen LogP contribution in [0.4, 0.5) is 11.4 Å². The van der Waals surface area contributed by atoms with Crippen LogP contribution in [0.5, 0.6) is 11.5 Å². The van der Waals surface area contributed by atoms with Crippen molar-refractivity contribution in [3.63, 3.8) is 0 Å². The molecule has 0 aromatic heterocycles. The van der Waals surface area contributed by atoms with Crippen molar-refractivity contribution in [1.29, 1.82) is 0 Å². The Morgan fingerprint density at radius 1 is 1.14 bits per heavy atom. The number of phenols is 1. The normalized spacial score (nSPS) is 11.8. The second-order valence-electron chi connectivity index (χ2n) is 4.43. The number of azo groups is 1. The third-order valence-electron chi connectivity index (χ3n) is 2.87. The summed E-state index contributed by atoms with van der Waals surface area (Å²) in [7, 11) is -3.36. The molecule has 0 spiro atoms. The molecule has 0 amide bonds. The average Bonchev–Trinajstić information content (AvgIpc) is 2.47. The molecule has 0 atom stereocenters. The maximum absolute atomic E-state index is 11.4. The van der Waals surface area contributed by atoms with Gasteiger partial charge in [0.25, 0.3) is 10.1 Å². The Balaban J connectivity index is 2.56. The third-order valence-corrected chi connectivity index (χ3v) is 3.89. The number of phenolic OH excluding ortho intramolecular Hbond substituents is 1. The summed E-state index contributed by atoms with van der Waals surface area (Å²) >= 11 is 0. The molecule has 0 aliphatic carbocycles. The molecule has 2 N–H and O–H groups in total. The molecule has 0 fully saturated rings. The average molecular weight is 322 g/mol. The zero-order valence-corrected chi connectivity index (χ0v) is 12.7. The van der Waals surface area contributed by atoms with Crippen LogP contribution in [0.25, 0.3) is 0 Å². The van der Waals surface area contributed by atoms with Crippen molar-refractivity contribution in [3.8, 4) is 11.5 Å². The lowest BCUT2D eigenvalue weighted by atomic mass is 10.2. The second-order valence-corrected chi connectivity index (χ2v) is 5.79. The van der Waals surface area contributed by atoms with E-state index in [-0.39, 0.29) is 17.0 Å². The zero-order valence-electron chi connectivity index (χ0n) is 11.9. The van der Waals surface area contributed by atoms with Crippen molar-refractivity contribution >= 4 is 21.5 Å². The van der Waals surface area contributed by atoms with Crippen LogP contribution in [0.1, 0.15) is 5.56 Å². The van der Waals surface area contributed by atoms with Crippen LogP contribution < -0.4 is 4.74 Å². The van der Waals surface area contributed by atoms with Crippen molar-refractivity contribution in [1.82, 2.24) is 0 Å². The fraction of sp³-hybridized carbons (Fsp3) is 0.143. The Labute approximate surface area is 127 Å². The summed E-state index contributed by atoms with van der Waals surface area (Å²) in [6.45, 7) is 1.45. The first kappa shape index (κ1) is 15.9. The molecule has 0 saturated carbocycles. The molecule has 2 aromatic carbocycles. The van der Waals surface area contributed by atoms with Crippen LogP contribution in [0.15, 0.2) is 51.5 Å². The third kappa shape index (κ3) is 3.23. The van der Waals surface area contributed by atoms with Crippen LogP contribution in [0.3, 0.4) is 0 Å². The molecule has 22 heavy (non-hydrogen) atoms. The molecule has 0 heterocycles. The van der Waals surface area contributed by atoms with Crippen molar-refractivity contribution in [2.75, 3.05) is 7.11 Å². The zero-order chi connectivity index (χ0) is 16.3. The van der Waals surface area contributed by atoms with Gasteiger partial charge in [-0.2, -0.15) is 13.5 Å². The minimum Gasteiger partial charge on any atom is -0.503 e. The van der Waals surface area contributed by atoms with Gasteiger partial charge in [0.15, 0.2) is 11.5 Å². The summed E-state index contributed by atoms with van der Waals surface area (Å²) in [5, 5.41) is 17.9. The molecule has 0 unspecified atom stereocenters. The Bertz CT molecular complexity index is 817. The number of rotatable bonds is 4. The molecule has 7 nitrogen and oxygen atoms in total. The maximum Gasteiger partial charge on any atom is 0.298 e. The molecule has 0 bridgehead atoms. The van der Waals surface area contributed by atoms with Gasteiger partial charge in [-0.3, -0.25) is 4.55 Å². The number of benzene rings is 2. The number of methoxy groups -OCH3 is 1. The maximum atomic E-state index is 11.4. The Morgan fingerprint density at radius 2 is 1.77 bits per heavy atom. The van der Waals surface area contributed by atoms with E-state index in [4.69, 9.17) is 4.74 Å². The molecule has 8 heteroatoms. The first-order valence-electron chi connectivity index (χ1n) is 6.19.